The first-order chi connectivity index (χ1) is 12.8. The van der Waals surface area contributed by atoms with E-state index in [4.69, 9.17) is 0 Å². The molecule has 0 amide bonds. The van der Waals surface area contributed by atoms with Crippen LogP contribution >= 0.6 is 0 Å². The molecule has 0 radical (unpaired) electrons. The van der Waals surface area contributed by atoms with E-state index in [1.165, 1.54) is 69.8 Å². The summed E-state index contributed by atoms with van der Waals surface area (Å²) < 4.78 is 0. The number of rotatable bonds is 4. The van der Waals surface area contributed by atoms with Crippen LogP contribution in [0.1, 0.15) is 95.1 Å². The van der Waals surface area contributed by atoms with Crippen LogP contribution < -0.4 is 0 Å². The lowest BCUT2D eigenvalue weighted by Crippen LogP contribution is -2.12. The van der Waals surface area contributed by atoms with Crippen LogP contribution in [0.5, 0.6) is 0 Å². The van der Waals surface area contributed by atoms with Crippen molar-refractivity contribution in [3.05, 3.63) is 47.5 Å². The molecular weight excluding hydrogens is 312 g/mol. The molecule has 0 unspecified atom stereocenters. The standard InChI is InChI=1S/C26H36/c1-3-21-9-11-23(12-10-21)7-5-6-8-24-15-19-26(20-16-24)25-17-13-22(4-2)14-18-25/h5,7,15-16,19-23,25H,3-4,9-14,17-18H2,1-2H3. The van der Waals surface area contributed by atoms with Crippen molar-refractivity contribution in [2.75, 3.05) is 0 Å². The normalized spacial score (nSPS) is 29.3. The van der Waals surface area contributed by atoms with Crippen LogP contribution in [0, 0.1) is 29.6 Å². The fraction of sp³-hybridized carbons (Fsp3) is 0.615. The summed E-state index contributed by atoms with van der Waals surface area (Å²) in [5.74, 6) is 10.0. The summed E-state index contributed by atoms with van der Waals surface area (Å²) in [5, 5.41) is 0. The Kier molecular flexibility index (Phi) is 7.43. The van der Waals surface area contributed by atoms with Crippen LogP contribution in [-0.2, 0) is 0 Å². The Morgan fingerprint density at radius 2 is 1.38 bits per heavy atom. The fourth-order valence-electron chi connectivity index (χ4n) is 4.84. The zero-order valence-electron chi connectivity index (χ0n) is 16.8. The number of benzene rings is 1. The zero-order valence-corrected chi connectivity index (χ0v) is 16.8. The van der Waals surface area contributed by atoms with Crippen LogP contribution in [0.25, 0.3) is 0 Å². The van der Waals surface area contributed by atoms with Crippen molar-refractivity contribution >= 4 is 0 Å². The maximum Gasteiger partial charge on any atom is 0.0249 e. The third kappa shape index (κ3) is 5.51. The fourth-order valence-corrected chi connectivity index (χ4v) is 4.84. The molecule has 0 saturated heterocycles. The Hall–Kier alpha value is -1.48. The lowest BCUT2D eigenvalue weighted by Gasteiger charge is -2.28. The van der Waals surface area contributed by atoms with Gasteiger partial charge in [0.2, 0.25) is 0 Å². The monoisotopic (exact) mass is 348 g/mol. The van der Waals surface area contributed by atoms with Gasteiger partial charge in [0.1, 0.15) is 0 Å². The molecule has 2 aliphatic rings. The molecule has 0 bridgehead atoms. The Labute approximate surface area is 161 Å². The van der Waals surface area contributed by atoms with E-state index in [1.807, 2.05) is 0 Å². The molecule has 0 aromatic heterocycles. The van der Waals surface area contributed by atoms with Gasteiger partial charge in [-0.15, -0.1) is 0 Å². The van der Waals surface area contributed by atoms with Crippen LogP contribution in [0.2, 0.25) is 0 Å². The van der Waals surface area contributed by atoms with Gasteiger partial charge in [0.05, 0.1) is 0 Å². The molecule has 0 nitrogen and oxygen atoms in total. The molecule has 2 saturated carbocycles. The van der Waals surface area contributed by atoms with Crippen LogP contribution in [0.15, 0.2) is 36.4 Å². The number of hydrogen-bond donors (Lipinski definition) is 0. The summed E-state index contributed by atoms with van der Waals surface area (Å²) in [6, 6.07) is 9.07. The summed E-state index contributed by atoms with van der Waals surface area (Å²) in [4.78, 5) is 0. The maximum absolute atomic E-state index is 3.31. The Morgan fingerprint density at radius 3 is 1.96 bits per heavy atom. The van der Waals surface area contributed by atoms with Crippen molar-refractivity contribution in [3.63, 3.8) is 0 Å². The summed E-state index contributed by atoms with van der Waals surface area (Å²) in [6.07, 6.45) is 18.2. The van der Waals surface area contributed by atoms with Crippen molar-refractivity contribution in [1.29, 1.82) is 0 Å². The van der Waals surface area contributed by atoms with Crippen LogP contribution in [0.3, 0.4) is 0 Å². The summed E-state index contributed by atoms with van der Waals surface area (Å²) >= 11 is 0. The molecule has 0 aliphatic heterocycles. The first-order valence-corrected chi connectivity index (χ1v) is 11.1. The zero-order chi connectivity index (χ0) is 18.2. The number of allylic oxidation sites excluding steroid dienone is 2. The van der Waals surface area contributed by atoms with Crippen molar-refractivity contribution in [2.24, 2.45) is 17.8 Å². The van der Waals surface area contributed by atoms with Crippen molar-refractivity contribution in [1.82, 2.24) is 0 Å². The molecule has 3 rings (SSSR count). The van der Waals surface area contributed by atoms with Crippen LogP contribution in [0.4, 0.5) is 0 Å². The topological polar surface area (TPSA) is 0 Å². The van der Waals surface area contributed by atoms with E-state index in [0.717, 1.165) is 29.2 Å². The summed E-state index contributed by atoms with van der Waals surface area (Å²) in [6.45, 7) is 4.66. The van der Waals surface area contributed by atoms with Gasteiger partial charge in [-0.25, -0.2) is 0 Å². The van der Waals surface area contributed by atoms with Gasteiger partial charge >= 0.3 is 0 Å². The highest BCUT2D eigenvalue weighted by Crippen LogP contribution is 2.36. The molecule has 26 heavy (non-hydrogen) atoms. The molecule has 0 heterocycles. The van der Waals surface area contributed by atoms with E-state index in [0.29, 0.717) is 0 Å². The molecule has 1 aromatic carbocycles. The maximum atomic E-state index is 3.31. The van der Waals surface area contributed by atoms with Gasteiger partial charge in [0, 0.05) is 5.56 Å². The van der Waals surface area contributed by atoms with E-state index in [1.54, 1.807) is 0 Å². The second-order valence-corrected chi connectivity index (χ2v) is 8.57. The lowest BCUT2D eigenvalue weighted by molar-refractivity contribution is 0.304. The smallest absolute Gasteiger partial charge is 0.0249 e. The minimum absolute atomic E-state index is 0.757. The summed E-state index contributed by atoms with van der Waals surface area (Å²) in [7, 11) is 0. The van der Waals surface area contributed by atoms with Crippen molar-refractivity contribution in [3.8, 4) is 11.8 Å². The SMILES string of the molecule is CCC1CCC(C=CC#Cc2ccc(C3CCC(CC)CC3)cc2)CC1. The van der Waals surface area contributed by atoms with E-state index in [9.17, 15) is 0 Å². The predicted molar refractivity (Wildman–Crippen MR) is 113 cm³/mol. The highest BCUT2D eigenvalue weighted by Gasteiger charge is 2.21. The van der Waals surface area contributed by atoms with Gasteiger partial charge in [0.25, 0.3) is 0 Å². The third-order valence-electron chi connectivity index (χ3n) is 6.94. The van der Waals surface area contributed by atoms with Crippen molar-refractivity contribution in [2.45, 2.75) is 84.0 Å². The van der Waals surface area contributed by atoms with Crippen molar-refractivity contribution < 1.29 is 0 Å². The van der Waals surface area contributed by atoms with Gasteiger partial charge in [-0.05, 0) is 98.8 Å². The largest absolute Gasteiger partial charge is 0.0730 e. The average Bonchev–Trinajstić information content (AvgIpc) is 2.72. The molecule has 0 atom stereocenters. The first-order valence-electron chi connectivity index (χ1n) is 11.1. The van der Waals surface area contributed by atoms with Gasteiger partial charge in [-0.3, -0.25) is 0 Å². The van der Waals surface area contributed by atoms with E-state index in [-0.39, 0.29) is 0 Å². The Balaban J connectivity index is 1.48. The van der Waals surface area contributed by atoms with Crippen LogP contribution in [-0.4, -0.2) is 0 Å². The minimum Gasteiger partial charge on any atom is -0.0730 e. The minimum atomic E-state index is 0.757. The quantitative estimate of drug-likeness (QED) is 0.494. The van der Waals surface area contributed by atoms with E-state index >= 15 is 0 Å². The van der Waals surface area contributed by atoms with E-state index in [2.05, 4.69) is 62.1 Å². The van der Waals surface area contributed by atoms with Gasteiger partial charge in [-0.2, -0.15) is 0 Å². The molecule has 2 aliphatic carbocycles. The lowest BCUT2D eigenvalue weighted by atomic mass is 9.78. The molecule has 0 heteroatoms. The highest BCUT2D eigenvalue weighted by molar-refractivity contribution is 5.39. The first kappa shape index (κ1) is 19.3. The van der Waals surface area contributed by atoms with Gasteiger partial charge in [0.15, 0.2) is 0 Å². The second kappa shape index (κ2) is 10.0. The Morgan fingerprint density at radius 1 is 0.808 bits per heavy atom. The van der Waals surface area contributed by atoms with Gasteiger partial charge in [-0.1, -0.05) is 56.7 Å². The molecule has 1 aromatic rings. The molecule has 2 fully saturated rings. The highest BCUT2D eigenvalue weighted by atomic mass is 14.3. The molecular formula is C26H36. The van der Waals surface area contributed by atoms with Gasteiger partial charge < -0.3 is 0 Å². The second-order valence-electron chi connectivity index (χ2n) is 8.57. The summed E-state index contributed by atoms with van der Waals surface area (Å²) in [5.41, 5.74) is 2.67. The average molecular weight is 349 g/mol. The molecule has 0 N–H and O–H groups in total. The Bertz CT molecular complexity index is 608. The molecule has 0 spiro atoms. The van der Waals surface area contributed by atoms with E-state index < -0.39 is 0 Å². The number of hydrogen-bond acceptors (Lipinski definition) is 0. The predicted octanol–water partition coefficient (Wildman–Crippen LogP) is 7.49. The third-order valence-corrected chi connectivity index (χ3v) is 6.94. The molecule has 140 valence electrons.